The molecule has 0 aliphatic rings. The fraction of sp³-hybridized carbons (Fsp3) is 0.800. The van der Waals surface area contributed by atoms with Crippen LogP contribution in [0.25, 0.3) is 0 Å². The smallest absolute Gasteiger partial charge is 0.0862 e. The molecule has 0 rings (SSSR count). The zero-order valence-electron chi connectivity index (χ0n) is 16.7. The van der Waals surface area contributed by atoms with E-state index >= 15 is 0 Å². The van der Waals surface area contributed by atoms with Crippen LogP contribution in [-0.4, -0.2) is 42.8 Å². The van der Waals surface area contributed by atoms with Crippen molar-refractivity contribution in [3.63, 3.8) is 0 Å². The number of rotatable bonds is 12. The van der Waals surface area contributed by atoms with Crippen molar-refractivity contribution in [3.8, 4) is 0 Å². The third-order valence-electron chi connectivity index (χ3n) is 4.02. The van der Waals surface area contributed by atoms with Crippen molar-refractivity contribution >= 4 is 0 Å². The molecule has 0 aliphatic carbocycles. The third kappa shape index (κ3) is 16.3. The third-order valence-corrected chi connectivity index (χ3v) is 4.02. The zero-order valence-corrected chi connectivity index (χ0v) is 16.7. The minimum Gasteiger partial charge on any atom is -0.473 e. The Hall–Kier alpha value is -0.880. The van der Waals surface area contributed by atoms with Gasteiger partial charge in [-0.05, 0) is 92.2 Å². The molecule has 0 aliphatic heterocycles. The minimum absolute atomic E-state index is 0.431. The molecule has 0 aromatic heterocycles. The van der Waals surface area contributed by atoms with Gasteiger partial charge in [0.05, 0.1) is 34.9 Å². The predicted molar refractivity (Wildman–Crippen MR) is 101 cm³/mol. The van der Waals surface area contributed by atoms with Crippen LogP contribution in [0.2, 0.25) is 0 Å². The van der Waals surface area contributed by atoms with E-state index in [2.05, 4.69) is 0 Å². The van der Waals surface area contributed by atoms with Crippen molar-refractivity contribution in [2.75, 3.05) is 0 Å². The lowest BCUT2D eigenvalue weighted by Gasteiger charge is -2.26. The van der Waals surface area contributed by atoms with E-state index in [1.807, 2.05) is 0 Å². The Morgan fingerprint density at radius 2 is 0.920 bits per heavy atom. The number of hydrogen-bond donors (Lipinski definition) is 4. The first-order valence-electron chi connectivity index (χ1n) is 8.97. The maximum Gasteiger partial charge on any atom is 0.0862 e. The molecule has 2 atom stereocenters. The molecular weight excluding hydrogens is 320 g/mol. The van der Waals surface area contributed by atoms with Gasteiger partial charge in [-0.15, -0.1) is 0 Å². The second kappa shape index (κ2) is 9.72. The number of hydrogen-bond acceptors (Lipinski definition) is 5. The Morgan fingerprint density at radius 3 is 1.20 bits per heavy atom. The first-order valence-corrected chi connectivity index (χ1v) is 8.97. The van der Waals surface area contributed by atoms with E-state index in [1.165, 1.54) is 12.5 Å². The average Bonchev–Trinajstić information content (AvgIpc) is 2.41. The van der Waals surface area contributed by atoms with Crippen LogP contribution in [0.15, 0.2) is 24.7 Å². The van der Waals surface area contributed by atoms with Gasteiger partial charge in [-0.25, -0.2) is 0 Å². The van der Waals surface area contributed by atoms with Crippen LogP contribution >= 0.6 is 0 Å². The van der Waals surface area contributed by atoms with E-state index in [1.54, 1.807) is 53.7 Å². The highest BCUT2D eigenvalue weighted by Gasteiger charge is 2.24. The lowest BCUT2D eigenvalue weighted by Crippen LogP contribution is -2.28. The monoisotopic (exact) mass is 358 g/mol. The van der Waals surface area contributed by atoms with E-state index in [4.69, 9.17) is 4.74 Å². The van der Waals surface area contributed by atoms with Gasteiger partial charge < -0.3 is 25.2 Å². The van der Waals surface area contributed by atoms with Gasteiger partial charge >= 0.3 is 0 Å². The number of ether oxygens (including phenoxy) is 1. The molecule has 0 radical (unpaired) electrons. The van der Waals surface area contributed by atoms with Gasteiger partial charge in [0.1, 0.15) is 0 Å². The van der Waals surface area contributed by atoms with Crippen molar-refractivity contribution < 1.29 is 25.2 Å². The maximum atomic E-state index is 10.2. The lowest BCUT2D eigenvalue weighted by atomic mass is 9.90. The van der Waals surface area contributed by atoms with Crippen molar-refractivity contribution in [1.29, 1.82) is 0 Å². The molecule has 0 saturated heterocycles. The van der Waals surface area contributed by atoms with E-state index in [0.29, 0.717) is 38.5 Å². The van der Waals surface area contributed by atoms with Crippen molar-refractivity contribution in [1.82, 2.24) is 0 Å². The van der Waals surface area contributed by atoms with Gasteiger partial charge in [0, 0.05) is 0 Å². The predicted octanol–water partition coefficient (Wildman–Crippen LogP) is 3.41. The summed E-state index contributed by atoms with van der Waals surface area (Å²) in [6, 6.07) is 0. The van der Waals surface area contributed by atoms with E-state index in [-0.39, 0.29) is 0 Å². The molecule has 0 amide bonds. The fourth-order valence-corrected chi connectivity index (χ4v) is 2.11. The fourth-order valence-electron chi connectivity index (χ4n) is 2.11. The molecule has 0 aromatic carbocycles. The highest BCUT2D eigenvalue weighted by atomic mass is 16.5. The summed E-state index contributed by atoms with van der Waals surface area (Å²) in [5.41, 5.74) is -3.33. The van der Waals surface area contributed by atoms with Gasteiger partial charge in [0.15, 0.2) is 0 Å². The summed E-state index contributed by atoms with van der Waals surface area (Å²) >= 11 is 0. The van der Waals surface area contributed by atoms with E-state index < -0.39 is 22.4 Å². The highest BCUT2D eigenvalue weighted by molar-refractivity contribution is 4.90. The molecule has 0 heterocycles. The molecule has 0 saturated carbocycles. The van der Waals surface area contributed by atoms with Gasteiger partial charge in [-0.3, -0.25) is 0 Å². The summed E-state index contributed by atoms with van der Waals surface area (Å²) in [6.07, 6.45) is 9.38. The van der Waals surface area contributed by atoms with Crippen LogP contribution in [0.5, 0.6) is 0 Å². The number of aliphatic hydroxyl groups is 4. The van der Waals surface area contributed by atoms with Crippen LogP contribution in [0.1, 0.15) is 80.1 Å². The van der Waals surface area contributed by atoms with Crippen molar-refractivity contribution in [2.45, 2.75) is 102 Å². The summed E-state index contributed by atoms with van der Waals surface area (Å²) in [5.74, 6) is 0. The molecule has 4 N–H and O–H groups in total. The summed E-state index contributed by atoms with van der Waals surface area (Å²) in [6.45, 7) is 10.4. The Balaban J connectivity index is 4.09. The Morgan fingerprint density at radius 1 is 0.600 bits per heavy atom. The first kappa shape index (κ1) is 24.1. The molecule has 5 heteroatoms. The minimum atomic E-state index is -0.885. The average molecular weight is 359 g/mol. The van der Waals surface area contributed by atoms with Gasteiger partial charge in [0.2, 0.25) is 0 Å². The zero-order chi connectivity index (χ0) is 19.8. The molecule has 2 unspecified atom stereocenters. The molecule has 25 heavy (non-hydrogen) atoms. The second-order valence-corrected chi connectivity index (χ2v) is 8.91. The standard InChI is InChI=1S/C20H38O5/c1-17(2,21)11-13-19(5,23)9-7-15-25-16-8-10-20(6,24)14-12-18(3,4)22/h7-8,15-16,21-24H,9-14H2,1-6H3. The first-order chi connectivity index (χ1) is 11.1. The summed E-state index contributed by atoms with van der Waals surface area (Å²) in [7, 11) is 0. The second-order valence-electron chi connectivity index (χ2n) is 8.91. The van der Waals surface area contributed by atoms with Crippen LogP contribution in [0.4, 0.5) is 0 Å². The lowest BCUT2D eigenvalue weighted by molar-refractivity contribution is 0.00757. The molecule has 0 aromatic rings. The maximum absolute atomic E-state index is 10.2. The molecule has 148 valence electrons. The SMILES string of the molecule is CC(C)(O)CCC(C)(O)CC=COC=CCC(C)(O)CCC(C)(C)O. The summed E-state index contributed by atoms with van der Waals surface area (Å²) < 4.78 is 5.23. The Labute approximate surface area is 153 Å². The summed E-state index contributed by atoms with van der Waals surface area (Å²) in [5, 5.41) is 39.8. The van der Waals surface area contributed by atoms with Crippen LogP contribution < -0.4 is 0 Å². The van der Waals surface area contributed by atoms with Crippen molar-refractivity contribution in [2.24, 2.45) is 0 Å². The highest BCUT2D eigenvalue weighted by Crippen LogP contribution is 2.23. The Kier molecular flexibility index (Phi) is 9.38. The van der Waals surface area contributed by atoms with Gasteiger partial charge in [-0.2, -0.15) is 0 Å². The Bertz CT molecular complexity index is 382. The molecule has 0 spiro atoms. The van der Waals surface area contributed by atoms with Crippen LogP contribution in [0.3, 0.4) is 0 Å². The summed E-state index contributed by atoms with van der Waals surface area (Å²) in [4.78, 5) is 0. The van der Waals surface area contributed by atoms with Crippen LogP contribution in [-0.2, 0) is 4.74 Å². The van der Waals surface area contributed by atoms with Gasteiger partial charge in [-0.1, -0.05) is 0 Å². The normalized spacial score (nSPS) is 18.5. The van der Waals surface area contributed by atoms with E-state index in [9.17, 15) is 20.4 Å². The van der Waals surface area contributed by atoms with Crippen molar-refractivity contribution in [3.05, 3.63) is 24.7 Å². The molecule has 5 nitrogen and oxygen atoms in total. The molecule has 0 bridgehead atoms. The topological polar surface area (TPSA) is 90.2 Å². The molecular formula is C20H38O5. The van der Waals surface area contributed by atoms with Gasteiger partial charge in [0.25, 0.3) is 0 Å². The molecule has 0 fully saturated rings. The largest absolute Gasteiger partial charge is 0.473 e. The quantitative estimate of drug-likeness (QED) is 0.401. The van der Waals surface area contributed by atoms with E-state index in [0.717, 1.165) is 0 Å². The van der Waals surface area contributed by atoms with Crippen LogP contribution in [0, 0.1) is 0 Å².